The predicted molar refractivity (Wildman–Crippen MR) is 111 cm³/mol. The second-order valence-corrected chi connectivity index (χ2v) is 6.21. The number of carbonyl (C=O) groups is 2. The lowest BCUT2D eigenvalue weighted by Crippen LogP contribution is -2.14. The highest BCUT2D eigenvalue weighted by Gasteiger charge is 2.11. The standard InChI is InChI=1S/C22H21N3O4/c1-14(26)15-5-4-6-16(11-15)25-22(27)20-12-17(9-10-23-20)24-19-13-18(28-2)7-8-21(19)29-3/h4-13H,1-3H3,(H,23,24)(H,25,27). The van der Waals surface area contributed by atoms with Crippen molar-refractivity contribution in [2.24, 2.45) is 0 Å². The summed E-state index contributed by atoms with van der Waals surface area (Å²) >= 11 is 0. The van der Waals surface area contributed by atoms with Crippen molar-refractivity contribution in [3.63, 3.8) is 0 Å². The van der Waals surface area contributed by atoms with Crippen LogP contribution >= 0.6 is 0 Å². The van der Waals surface area contributed by atoms with E-state index >= 15 is 0 Å². The average Bonchev–Trinajstić information content (AvgIpc) is 2.74. The van der Waals surface area contributed by atoms with Gasteiger partial charge in [-0.15, -0.1) is 0 Å². The molecule has 0 saturated carbocycles. The summed E-state index contributed by atoms with van der Waals surface area (Å²) in [5, 5.41) is 5.97. The molecule has 0 aliphatic carbocycles. The van der Waals surface area contributed by atoms with Crippen molar-refractivity contribution in [1.82, 2.24) is 4.98 Å². The monoisotopic (exact) mass is 391 g/mol. The van der Waals surface area contributed by atoms with Gasteiger partial charge in [0.15, 0.2) is 5.78 Å². The van der Waals surface area contributed by atoms with Gasteiger partial charge in [0.1, 0.15) is 17.2 Å². The Morgan fingerprint density at radius 2 is 1.76 bits per heavy atom. The maximum absolute atomic E-state index is 12.6. The van der Waals surface area contributed by atoms with Gasteiger partial charge in [-0.3, -0.25) is 14.6 Å². The number of pyridine rings is 1. The molecule has 0 aliphatic rings. The molecule has 1 aromatic heterocycles. The Balaban J connectivity index is 1.80. The summed E-state index contributed by atoms with van der Waals surface area (Å²) in [6.07, 6.45) is 1.54. The molecule has 0 spiro atoms. The molecular weight excluding hydrogens is 370 g/mol. The zero-order valence-electron chi connectivity index (χ0n) is 16.4. The molecule has 3 aromatic rings. The van der Waals surface area contributed by atoms with Crippen LogP contribution in [-0.4, -0.2) is 30.9 Å². The minimum atomic E-state index is -0.382. The maximum atomic E-state index is 12.6. The van der Waals surface area contributed by atoms with E-state index in [4.69, 9.17) is 9.47 Å². The molecule has 0 atom stereocenters. The lowest BCUT2D eigenvalue weighted by Gasteiger charge is -2.13. The van der Waals surface area contributed by atoms with E-state index in [1.807, 2.05) is 0 Å². The Morgan fingerprint density at radius 1 is 0.931 bits per heavy atom. The van der Waals surface area contributed by atoms with E-state index in [0.717, 1.165) is 0 Å². The number of nitrogens with zero attached hydrogens (tertiary/aromatic N) is 1. The summed E-state index contributed by atoms with van der Waals surface area (Å²) in [5.41, 5.74) is 2.63. The molecule has 7 heteroatoms. The Morgan fingerprint density at radius 3 is 2.48 bits per heavy atom. The third-order valence-electron chi connectivity index (χ3n) is 4.21. The molecule has 0 aliphatic heterocycles. The van der Waals surface area contributed by atoms with Crippen LogP contribution in [0, 0.1) is 0 Å². The van der Waals surface area contributed by atoms with Crippen LogP contribution in [0.5, 0.6) is 11.5 Å². The minimum absolute atomic E-state index is 0.0716. The first-order valence-electron chi connectivity index (χ1n) is 8.87. The average molecular weight is 391 g/mol. The largest absolute Gasteiger partial charge is 0.497 e. The van der Waals surface area contributed by atoms with E-state index in [-0.39, 0.29) is 17.4 Å². The third-order valence-corrected chi connectivity index (χ3v) is 4.21. The van der Waals surface area contributed by atoms with Gasteiger partial charge in [0.05, 0.1) is 19.9 Å². The quantitative estimate of drug-likeness (QED) is 0.584. The van der Waals surface area contributed by atoms with E-state index in [0.29, 0.717) is 34.1 Å². The van der Waals surface area contributed by atoms with Crippen LogP contribution in [0.1, 0.15) is 27.8 Å². The number of hydrogen-bond donors (Lipinski definition) is 2. The number of amides is 1. The Hall–Kier alpha value is -3.87. The highest BCUT2D eigenvalue weighted by molar-refractivity contribution is 6.04. The van der Waals surface area contributed by atoms with E-state index in [2.05, 4.69) is 15.6 Å². The zero-order chi connectivity index (χ0) is 20.8. The van der Waals surface area contributed by atoms with Crippen LogP contribution in [0.25, 0.3) is 0 Å². The number of aromatic nitrogens is 1. The summed E-state index contributed by atoms with van der Waals surface area (Å²) in [6, 6.07) is 15.5. The molecule has 2 aromatic carbocycles. The van der Waals surface area contributed by atoms with E-state index < -0.39 is 0 Å². The van der Waals surface area contributed by atoms with Crippen LogP contribution in [0.3, 0.4) is 0 Å². The fourth-order valence-electron chi connectivity index (χ4n) is 2.71. The molecular formula is C22H21N3O4. The van der Waals surface area contributed by atoms with Gasteiger partial charge in [0.2, 0.25) is 0 Å². The number of hydrogen-bond acceptors (Lipinski definition) is 6. The SMILES string of the molecule is COc1ccc(OC)c(Nc2ccnc(C(=O)Nc3cccc(C(C)=O)c3)c2)c1. The molecule has 0 radical (unpaired) electrons. The first kappa shape index (κ1) is 19.9. The maximum Gasteiger partial charge on any atom is 0.274 e. The van der Waals surface area contributed by atoms with Crippen molar-refractivity contribution in [1.29, 1.82) is 0 Å². The van der Waals surface area contributed by atoms with Crippen molar-refractivity contribution >= 4 is 28.8 Å². The van der Waals surface area contributed by atoms with E-state index in [9.17, 15) is 9.59 Å². The molecule has 0 unspecified atom stereocenters. The van der Waals surface area contributed by atoms with Gasteiger partial charge in [-0.05, 0) is 43.3 Å². The summed E-state index contributed by atoms with van der Waals surface area (Å²) in [5.74, 6) is 0.852. The molecule has 0 bridgehead atoms. The molecule has 1 heterocycles. The number of nitrogens with one attached hydrogen (secondary N) is 2. The fourth-order valence-corrected chi connectivity index (χ4v) is 2.71. The molecule has 7 nitrogen and oxygen atoms in total. The van der Waals surface area contributed by atoms with E-state index in [1.165, 1.54) is 13.1 Å². The van der Waals surface area contributed by atoms with Crippen molar-refractivity contribution in [2.45, 2.75) is 6.92 Å². The first-order chi connectivity index (χ1) is 14.0. The summed E-state index contributed by atoms with van der Waals surface area (Å²) in [4.78, 5) is 28.2. The lowest BCUT2D eigenvalue weighted by atomic mass is 10.1. The molecule has 0 saturated heterocycles. The number of ether oxygens (including phenoxy) is 2. The first-order valence-corrected chi connectivity index (χ1v) is 8.87. The van der Waals surface area contributed by atoms with Gasteiger partial charge in [0, 0.05) is 29.2 Å². The van der Waals surface area contributed by atoms with Crippen molar-refractivity contribution < 1.29 is 19.1 Å². The van der Waals surface area contributed by atoms with E-state index in [1.54, 1.807) is 68.8 Å². The number of anilines is 3. The Kier molecular flexibility index (Phi) is 6.09. The Bertz CT molecular complexity index is 1050. The van der Waals surface area contributed by atoms with Crippen molar-refractivity contribution in [3.05, 3.63) is 72.1 Å². The van der Waals surface area contributed by atoms with Crippen LogP contribution < -0.4 is 20.1 Å². The number of rotatable bonds is 7. The minimum Gasteiger partial charge on any atom is -0.497 e. The number of carbonyl (C=O) groups excluding carboxylic acids is 2. The van der Waals surface area contributed by atoms with Gasteiger partial charge < -0.3 is 20.1 Å². The number of Topliss-reactive ketones (excluding diaryl/α,β-unsaturated/α-hetero) is 1. The molecule has 2 N–H and O–H groups in total. The molecule has 29 heavy (non-hydrogen) atoms. The van der Waals surface area contributed by atoms with Gasteiger partial charge in [-0.1, -0.05) is 12.1 Å². The second kappa shape index (κ2) is 8.88. The van der Waals surface area contributed by atoms with Gasteiger partial charge in [-0.2, -0.15) is 0 Å². The van der Waals surface area contributed by atoms with Gasteiger partial charge in [-0.25, -0.2) is 0 Å². The Labute approximate surface area is 168 Å². The van der Waals surface area contributed by atoms with Crippen LogP contribution in [0.4, 0.5) is 17.1 Å². The molecule has 148 valence electrons. The highest BCUT2D eigenvalue weighted by atomic mass is 16.5. The van der Waals surface area contributed by atoms with Crippen LogP contribution in [0.2, 0.25) is 0 Å². The molecule has 3 rings (SSSR count). The summed E-state index contributed by atoms with van der Waals surface area (Å²) in [7, 11) is 3.16. The highest BCUT2D eigenvalue weighted by Crippen LogP contribution is 2.31. The third kappa shape index (κ3) is 4.90. The van der Waals surface area contributed by atoms with Crippen LogP contribution in [-0.2, 0) is 0 Å². The lowest BCUT2D eigenvalue weighted by molar-refractivity contribution is 0.100. The number of methoxy groups -OCH3 is 2. The predicted octanol–water partition coefficient (Wildman–Crippen LogP) is 4.30. The van der Waals surface area contributed by atoms with Gasteiger partial charge in [0.25, 0.3) is 5.91 Å². The van der Waals surface area contributed by atoms with Crippen LogP contribution in [0.15, 0.2) is 60.8 Å². The fraction of sp³-hybridized carbons (Fsp3) is 0.136. The molecule has 0 fully saturated rings. The van der Waals surface area contributed by atoms with Gasteiger partial charge >= 0.3 is 0 Å². The topological polar surface area (TPSA) is 89.6 Å². The number of benzene rings is 2. The zero-order valence-corrected chi connectivity index (χ0v) is 16.4. The van der Waals surface area contributed by atoms with Crippen molar-refractivity contribution in [3.8, 4) is 11.5 Å². The summed E-state index contributed by atoms with van der Waals surface area (Å²) in [6.45, 7) is 1.48. The second-order valence-electron chi connectivity index (χ2n) is 6.21. The molecule has 1 amide bonds. The number of ketones is 1. The van der Waals surface area contributed by atoms with Crippen molar-refractivity contribution in [2.75, 3.05) is 24.9 Å². The smallest absolute Gasteiger partial charge is 0.274 e. The normalized spacial score (nSPS) is 10.2. The summed E-state index contributed by atoms with van der Waals surface area (Å²) < 4.78 is 10.6.